The van der Waals surface area contributed by atoms with Gasteiger partial charge in [-0.2, -0.15) is 5.10 Å². The number of nitrogens with one attached hydrogen (secondary N) is 1. The van der Waals surface area contributed by atoms with Crippen LogP contribution in [-0.4, -0.2) is 26.7 Å². The molecule has 2 aromatic rings. The van der Waals surface area contributed by atoms with Gasteiger partial charge in [-0.1, -0.05) is 32.9 Å². The van der Waals surface area contributed by atoms with E-state index in [0.717, 1.165) is 11.3 Å². The van der Waals surface area contributed by atoms with E-state index in [0.29, 0.717) is 6.54 Å². The Bertz CT molecular complexity index is 611. The van der Waals surface area contributed by atoms with E-state index in [1.165, 1.54) is 6.33 Å². The lowest BCUT2D eigenvalue weighted by Crippen LogP contribution is -2.45. The number of aromatic nitrogens is 3. The first-order valence-electron chi connectivity index (χ1n) is 6.84. The normalized spacial score (nSPS) is 11.8. The van der Waals surface area contributed by atoms with Gasteiger partial charge in [0.1, 0.15) is 12.7 Å². The van der Waals surface area contributed by atoms with Gasteiger partial charge in [0.2, 0.25) is 5.91 Å². The summed E-state index contributed by atoms with van der Waals surface area (Å²) in [7, 11) is 0. The largest absolute Gasteiger partial charge is 0.325 e. The number of benzene rings is 1. The van der Waals surface area contributed by atoms with Gasteiger partial charge in [0.05, 0.1) is 12.6 Å². The monoisotopic (exact) mass is 359 g/mol. The highest BCUT2D eigenvalue weighted by atomic mass is 35.5. The molecule has 0 aliphatic heterocycles. The Labute approximate surface area is 148 Å². The highest BCUT2D eigenvalue weighted by Crippen LogP contribution is 2.19. The fraction of sp³-hybridized carbons (Fsp3) is 0.400. The average molecular weight is 360 g/mol. The third kappa shape index (κ3) is 6.17. The van der Waals surface area contributed by atoms with E-state index >= 15 is 0 Å². The Balaban J connectivity index is 0.00000242. The van der Waals surface area contributed by atoms with Gasteiger partial charge in [0, 0.05) is 5.69 Å². The van der Waals surface area contributed by atoms with E-state index < -0.39 is 6.04 Å². The Kier molecular flexibility index (Phi) is 8.23. The summed E-state index contributed by atoms with van der Waals surface area (Å²) in [6.45, 7) is 6.43. The Hall–Kier alpha value is -1.63. The maximum absolute atomic E-state index is 12.1. The summed E-state index contributed by atoms with van der Waals surface area (Å²) in [6.07, 6.45) is 3.15. The molecule has 0 saturated carbocycles. The van der Waals surface area contributed by atoms with Gasteiger partial charge >= 0.3 is 0 Å². The van der Waals surface area contributed by atoms with Crippen LogP contribution in [-0.2, 0) is 11.3 Å². The Morgan fingerprint density at radius 1 is 1.35 bits per heavy atom. The van der Waals surface area contributed by atoms with Crippen LogP contribution in [0.3, 0.4) is 0 Å². The third-order valence-electron chi connectivity index (χ3n) is 3.22. The lowest BCUT2D eigenvalue weighted by atomic mass is 9.87. The number of carbonyl (C=O) groups is 1. The molecule has 1 amide bonds. The fourth-order valence-corrected chi connectivity index (χ4v) is 1.86. The van der Waals surface area contributed by atoms with Crippen LogP contribution in [0.2, 0.25) is 0 Å². The van der Waals surface area contributed by atoms with Crippen molar-refractivity contribution in [2.45, 2.75) is 33.4 Å². The van der Waals surface area contributed by atoms with E-state index in [4.69, 9.17) is 5.73 Å². The van der Waals surface area contributed by atoms with E-state index in [-0.39, 0.29) is 36.1 Å². The number of hydrogen-bond acceptors (Lipinski definition) is 4. The Morgan fingerprint density at radius 2 is 2.04 bits per heavy atom. The zero-order chi connectivity index (χ0) is 15.5. The molecule has 2 rings (SSSR count). The van der Waals surface area contributed by atoms with Gasteiger partial charge in [-0.25, -0.2) is 9.67 Å². The molecule has 128 valence electrons. The van der Waals surface area contributed by atoms with E-state index in [2.05, 4.69) is 15.4 Å². The number of anilines is 1. The minimum Gasteiger partial charge on any atom is -0.325 e. The summed E-state index contributed by atoms with van der Waals surface area (Å²) in [5, 5.41) is 6.92. The highest BCUT2D eigenvalue weighted by Gasteiger charge is 2.27. The topological polar surface area (TPSA) is 85.8 Å². The smallest absolute Gasteiger partial charge is 0.241 e. The first-order valence-corrected chi connectivity index (χ1v) is 6.84. The lowest BCUT2D eigenvalue weighted by molar-refractivity contribution is -0.119. The summed E-state index contributed by atoms with van der Waals surface area (Å²) < 4.78 is 1.72. The van der Waals surface area contributed by atoms with Gasteiger partial charge in [0.15, 0.2) is 0 Å². The summed E-state index contributed by atoms with van der Waals surface area (Å²) in [5.74, 6) is -0.180. The second-order valence-corrected chi connectivity index (χ2v) is 6.13. The van der Waals surface area contributed by atoms with E-state index in [1.807, 2.05) is 45.0 Å². The molecule has 0 spiro atoms. The molecule has 1 atom stereocenters. The lowest BCUT2D eigenvalue weighted by Gasteiger charge is -2.25. The molecule has 0 radical (unpaired) electrons. The van der Waals surface area contributed by atoms with Crippen molar-refractivity contribution in [2.75, 3.05) is 5.32 Å². The second-order valence-electron chi connectivity index (χ2n) is 6.13. The summed E-state index contributed by atoms with van der Waals surface area (Å²) in [4.78, 5) is 16.0. The second kappa shape index (κ2) is 8.86. The van der Waals surface area contributed by atoms with Crippen molar-refractivity contribution < 1.29 is 4.79 Å². The van der Waals surface area contributed by atoms with Crippen LogP contribution in [0.5, 0.6) is 0 Å². The summed E-state index contributed by atoms with van der Waals surface area (Å²) in [6, 6.07) is 7.06. The number of carbonyl (C=O) groups excluding carboxylic acids is 1. The van der Waals surface area contributed by atoms with Crippen molar-refractivity contribution >= 4 is 36.4 Å². The molecule has 0 bridgehead atoms. The van der Waals surface area contributed by atoms with Crippen LogP contribution < -0.4 is 11.1 Å². The molecule has 3 N–H and O–H groups in total. The predicted molar refractivity (Wildman–Crippen MR) is 96.1 cm³/mol. The molecule has 1 heterocycles. The van der Waals surface area contributed by atoms with Crippen LogP contribution in [0, 0.1) is 5.41 Å². The Morgan fingerprint density at radius 3 is 2.61 bits per heavy atom. The maximum atomic E-state index is 12.1. The zero-order valence-corrected chi connectivity index (χ0v) is 15.0. The van der Waals surface area contributed by atoms with Crippen molar-refractivity contribution in [2.24, 2.45) is 11.1 Å². The summed E-state index contributed by atoms with van der Waals surface area (Å²) >= 11 is 0. The molecule has 23 heavy (non-hydrogen) atoms. The maximum Gasteiger partial charge on any atom is 0.241 e. The molecule has 0 saturated heterocycles. The number of halogens is 2. The molecule has 1 aromatic carbocycles. The quantitative estimate of drug-likeness (QED) is 0.877. The van der Waals surface area contributed by atoms with Crippen LogP contribution in [0.4, 0.5) is 5.69 Å². The van der Waals surface area contributed by atoms with Gasteiger partial charge in [-0.05, 0) is 23.1 Å². The zero-order valence-electron chi connectivity index (χ0n) is 13.4. The van der Waals surface area contributed by atoms with E-state index in [1.54, 1.807) is 11.0 Å². The van der Waals surface area contributed by atoms with Crippen LogP contribution in [0.25, 0.3) is 0 Å². The molecular weight excluding hydrogens is 337 g/mol. The molecule has 6 nitrogen and oxygen atoms in total. The molecular formula is C15H23Cl2N5O. The van der Waals surface area contributed by atoms with Gasteiger partial charge in [-0.15, -0.1) is 24.8 Å². The average Bonchev–Trinajstić information content (AvgIpc) is 2.90. The van der Waals surface area contributed by atoms with Crippen LogP contribution in [0.1, 0.15) is 26.3 Å². The van der Waals surface area contributed by atoms with Crippen molar-refractivity contribution in [1.29, 1.82) is 0 Å². The van der Waals surface area contributed by atoms with Gasteiger partial charge < -0.3 is 11.1 Å². The number of nitrogens with zero attached hydrogens (tertiary/aromatic N) is 3. The minimum atomic E-state index is -0.559. The molecule has 0 fully saturated rings. The number of hydrogen-bond donors (Lipinski definition) is 2. The number of amides is 1. The molecule has 0 unspecified atom stereocenters. The minimum absolute atomic E-state index is 0. The van der Waals surface area contributed by atoms with Gasteiger partial charge in [0.25, 0.3) is 0 Å². The fourth-order valence-electron chi connectivity index (χ4n) is 1.86. The molecule has 8 heteroatoms. The SMILES string of the molecule is CC(C)(C)[C@H](N)C(=O)Nc1cccc(Cn2cncn2)c1.Cl.Cl. The van der Waals surface area contributed by atoms with Crippen molar-refractivity contribution in [3.8, 4) is 0 Å². The molecule has 1 aromatic heterocycles. The summed E-state index contributed by atoms with van der Waals surface area (Å²) in [5.41, 5.74) is 7.44. The van der Waals surface area contributed by atoms with Crippen LogP contribution >= 0.6 is 24.8 Å². The van der Waals surface area contributed by atoms with Gasteiger partial charge in [-0.3, -0.25) is 4.79 Å². The number of nitrogens with two attached hydrogens (primary N) is 1. The van der Waals surface area contributed by atoms with Crippen molar-refractivity contribution in [1.82, 2.24) is 14.8 Å². The third-order valence-corrected chi connectivity index (χ3v) is 3.22. The van der Waals surface area contributed by atoms with E-state index in [9.17, 15) is 4.79 Å². The first kappa shape index (κ1) is 21.4. The van der Waals surface area contributed by atoms with Crippen molar-refractivity contribution in [3.05, 3.63) is 42.5 Å². The standard InChI is InChI=1S/C15H21N5O.2ClH/c1-15(2,3)13(16)14(21)19-12-6-4-5-11(7-12)8-20-10-17-9-18-20;;/h4-7,9-10,13H,8,16H2,1-3H3,(H,19,21);2*1H/t13-;;/m1../s1. The number of rotatable bonds is 4. The predicted octanol–water partition coefficient (Wildman–Crippen LogP) is 2.48. The van der Waals surface area contributed by atoms with Crippen molar-refractivity contribution in [3.63, 3.8) is 0 Å². The molecule has 0 aliphatic carbocycles. The molecule has 0 aliphatic rings. The highest BCUT2D eigenvalue weighted by molar-refractivity contribution is 5.95. The van der Waals surface area contributed by atoms with Crippen LogP contribution in [0.15, 0.2) is 36.9 Å². The first-order chi connectivity index (χ1) is 9.86.